The van der Waals surface area contributed by atoms with Gasteiger partial charge in [0, 0.05) is 12.5 Å². The molecule has 0 amide bonds. The number of ether oxygens (including phenoxy) is 1. The third-order valence-corrected chi connectivity index (χ3v) is 3.93. The SMILES string of the molecule is Oc1ccc(CCC(O)C[C@H]2OC[C@@H](O)[C@H](O)[C@H]2O)c(O)c1. The number of hydrogen-bond donors (Lipinski definition) is 6. The highest BCUT2D eigenvalue weighted by atomic mass is 16.5. The van der Waals surface area contributed by atoms with Crippen LogP contribution in [0.4, 0.5) is 0 Å². The van der Waals surface area contributed by atoms with Crippen molar-refractivity contribution in [1.82, 2.24) is 0 Å². The Morgan fingerprint density at radius 3 is 2.55 bits per heavy atom. The first-order valence-corrected chi connectivity index (χ1v) is 7.23. The molecule has 5 atom stereocenters. The molecule has 0 spiro atoms. The van der Waals surface area contributed by atoms with E-state index in [1.807, 2.05) is 0 Å². The van der Waals surface area contributed by atoms with Gasteiger partial charge in [-0.25, -0.2) is 0 Å². The van der Waals surface area contributed by atoms with Gasteiger partial charge in [-0.3, -0.25) is 0 Å². The second-order valence-corrected chi connectivity index (χ2v) is 5.66. The zero-order valence-electron chi connectivity index (χ0n) is 12.0. The Kier molecular flexibility index (Phi) is 5.60. The highest BCUT2D eigenvalue weighted by Gasteiger charge is 2.38. The summed E-state index contributed by atoms with van der Waals surface area (Å²) in [5.41, 5.74) is 0.595. The van der Waals surface area contributed by atoms with Crippen molar-refractivity contribution in [3.8, 4) is 11.5 Å². The van der Waals surface area contributed by atoms with Crippen LogP contribution in [0.5, 0.6) is 11.5 Å². The summed E-state index contributed by atoms with van der Waals surface area (Å²) >= 11 is 0. The van der Waals surface area contributed by atoms with Crippen LogP contribution in [0.25, 0.3) is 0 Å². The molecule has 1 aliphatic rings. The van der Waals surface area contributed by atoms with Crippen LogP contribution < -0.4 is 0 Å². The normalized spacial score (nSPS) is 30.2. The molecule has 1 unspecified atom stereocenters. The Hall–Kier alpha value is -1.38. The molecule has 0 saturated carbocycles. The standard InChI is InChI=1S/C15H22O7/c16-9-3-1-8(11(18)5-9)2-4-10(17)6-13-15(21)14(20)12(19)7-22-13/h1,3,5,10,12-21H,2,4,6-7H2/t10?,12-,13-,14+,15+/m1/s1. The van der Waals surface area contributed by atoms with E-state index in [0.717, 1.165) is 0 Å². The van der Waals surface area contributed by atoms with Gasteiger partial charge in [-0.2, -0.15) is 0 Å². The van der Waals surface area contributed by atoms with Crippen molar-refractivity contribution in [2.24, 2.45) is 0 Å². The van der Waals surface area contributed by atoms with Crippen molar-refractivity contribution < 1.29 is 35.4 Å². The molecule has 22 heavy (non-hydrogen) atoms. The Morgan fingerprint density at radius 2 is 1.86 bits per heavy atom. The van der Waals surface area contributed by atoms with Gasteiger partial charge in [0.1, 0.15) is 29.8 Å². The van der Waals surface area contributed by atoms with Crippen LogP contribution in [0, 0.1) is 0 Å². The van der Waals surface area contributed by atoms with Crippen LogP contribution in [0.3, 0.4) is 0 Å². The molecule has 1 aliphatic heterocycles. The highest BCUT2D eigenvalue weighted by molar-refractivity contribution is 5.38. The zero-order valence-corrected chi connectivity index (χ0v) is 12.0. The number of aliphatic hydroxyl groups excluding tert-OH is 4. The lowest BCUT2D eigenvalue weighted by atomic mass is 9.94. The molecule has 0 aliphatic carbocycles. The number of aromatic hydroxyl groups is 2. The molecule has 124 valence electrons. The van der Waals surface area contributed by atoms with E-state index in [1.54, 1.807) is 6.07 Å². The van der Waals surface area contributed by atoms with E-state index in [2.05, 4.69) is 0 Å². The summed E-state index contributed by atoms with van der Waals surface area (Å²) in [5.74, 6) is -0.0761. The molecule has 1 fully saturated rings. The van der Waals surface area contributed by atoms with Gasteiger partial charge in [0.15, 0.2) is 0 Å². The van der Waals surface area contributed by atoms with Gasteiger partial charge in [-0.15, -0.1) is 0 Å². The van der Waals surface area contributed by atoms with Gasteiger partial charge in [-0.05, 0) is 24.5 Å². The molecule has 1 aromatic rings. The van der Waals surface area contributed by atoms with Crippen LogP contribution in [0.1, 0.15) is 18.4 Å². The minimum atomic E-state index is -1.29. The fourth-order valence-electron chi connectivity index (χ4n) is 2.55. The van der Waals surface area contributed by atoms with Crippen molar-refractivity contribution in [2.45, 2.75) is 49.8 Å². The van der Waals surface area contributed by atoms with Gasteiger partial charge in [0.2, 0.25) is 0 Å². The molecule has 1 heterocycles. The van der Waals surface area contributed by atoms with E-state index in [9.17, 15) is 30.6 Å². The van der Waals surface area contributed by atoms with Crippen molar-refractivity contribution in [2.75, 3.05) is 6.61 Å². The molecule has 2 rings (SSSR count). The smallest absolute Gasteiger partial charge is 0.122 e. The second kappa shape index (κ2) is 7.26. The van der Waals surface area contributed by atoms with Crippen LogP contribution in [0.15, 0.2) is 18.2 Å². The average Bonchev–Trinajstić information content (AvgIpc) is 2.47. The predicted octanol–water partition coefficient (Wildman–Crippen LogP) is -0.737. The molecular weight excluding hydrogens is 292 g/mol. The molecule has 0 radical (unpaired) electrons. The first-order chi connectivity index (χ1) is 10.4. The molecule has 7 nitrogen and oxygen atoms in total. The molecular formula is C15H22O7. The zero-order chi connectivity index (χ0) is 16.3. The summed E-state index contributed by atoms with van der Waals surface area (Å²) in [4.78, 5) is 0. The number of benzene rings is 1. The van der Waals surface area contributed by atoms with E-state index in [4.69, 9.17) is 4.74 Å². The van der Waals surface area contributed by atoms with Crippen LogP contribution in [-0.4, -0.2) is 67.8 Å². The Bertz CT molecular complexity index is 493. The summed E-state index contributed by atoms with van der Waals surface area (Å²) in [6.07, 6.45) is -4.38. The van der Waals surface area contributed by atoms with E-state index in [-0.39, 0.29) is 24.5 Å². The van der Waals surface area contributed by atoms with Gasteiger partial charge < -0.3 is 35.4 Å². The second-order valence-electron chi connectivity index (χ2n) is 5.66. The number of aryl methyl sites for hydroxylation is 1. The maximum atomic E-state index is 10.0. The lowest BCUT2D eigenvalue weighted by Crippen LogP contribution is -2.53. The topological polar surface area (TPSA) is 131 Å². The fraction of sp³-hybridized carbons (Fsp3) is 0.600. The van der Waals surface area contributed by atoms with Gasteiger partial charge in [0.25, 0.3) is 0 Å². The van der Waals surface area contributed by atoms with E-state index < -0.39 is 30.5 Å². The minimum Gasteiger partial charge on any atom is -0.508 e. The molecule has 7 heteroatoms. The van der Waals surface area contributed by atoms with Crippen molar-refractivity contribution in [3.05, 3.63) is 23.8 Å². The summed E-state index contributed by atoms with van der Waals surface area (Å²) in [5, 5.41) is 57.6. The van der Waals surface area contributed by atoms with Gasteiger partial charge >= 0.3 is 0 Å². The fourth-order valence-corrected chi connectivity index (χ4v) is 2.55. The minimum absolute atomic E-state index is 0.0342. The molecule has 0 bridgehead atoms. The van der Waals surface area contributed by atoms with Crippen molar-refractivity contribution in [1.29, 1.82) is 0 Å². The molecule has 1 aromatic carbocycles. The Balaban J connectivity index is 1.84. The van der Waals surface area contributed by atoms with Crippen LogP contribution in [-0.2, 0) is 11.2 Å². The quantitative estimate of drug-likeness (QED) is 0.422. The number of aliphatic hydroxyl groups is 4. The van der Waals surface area contributed by atoms with E-state index >= 15 is 0 Å². The van der Waals surface area contributed by atoms with Crippen molar-refractivity contribution >= 4 is 0 Å². The summed E-state index contributed by atoms with van der Waals surface area (Å²) in [6, 6.07) is 4.25. The van der Waals surface area contributed by atoms with E-state index in [0.29, 0.717) is 18.4 Å². The van der Waals surface area contributed by atoms with Crippen LogP contribution >= 0.6 is 0 Å². The number of hydrogen-bond acceptors (Lipinski definition) is 7. The average molecular weight is 314 g/mol. The summed E-state index contributed by atoms with van der Waals surface area (Å²) in [7, 11) is 0. The highest BCUT2D eigenvalue weighted by Crippen LogP contribution is 2.25. The summed E-state index contributed by atoms with van der Waals surface area (Å²) < 4.78 is 5.23. The van der Waals surface area contributed by atoms with Gasteiger partial charge in [0.05, 0.1) is 18.8 Å². The van der Waals surface area contributed by atoms with Gasteiger partial charge in [-0.1, -0.05) is 6.07 Å². The largest absolute Gasteiger partial charge is 0.508 e. The Morgan fingerprint density at radius 1 is 1.14 bits per heavy atom. The first kappa shape index (κ1) is 17.0. The number of rotatable bonds is 5. The third-order valence-electron chi connectivity index (χ3n) is 3.93. The maximum absolute atomic E-state index is 10.0. The number of phenols is 2. The number of phenolic OH excluding ortho intramolecular Hbond substituents is 2. The lowest BCUT2D eigenvalue weighted by Gasteiger charge is -2.36. The van der Waals surface area contributed by atoms with Crippen molar-refractivity contribution in [3.63, 3.8) is 0 Å². The third kappa shape index (κ3) is 4.08. The van der Waals surface area contributed by atoms with E-state index in [1.165, 1.54) is 12.1 Å². The first-order valence-electron chi connectivity index (χ1n) is 7.23. The molecule has 6 N–H and O–H groups in total. The molecule has 1 saturated heterocycles. The predicted molar refractivity (Wildman–Crippen MR) is 76.5 cm³/mol. The van der Waals surface area contributed by atoms with Crippen LogP contribution in [0.2, 0.25) is 0 Å². The molecule has 0 aromatic heterocycles. The maximum Gasteiger partial charge on any atom is 0.122 e. The Labute approximate surface area is 128 Å². The summed E-state index contributed by atoms with van der Waals surface area (Å²) in [6.45, 7) is -0.0889. The monoisotopic (exact) mass is 314 g/mol. The lowest BCUT2D eigenvalue weighted by molar-refractivity contribution is -0.193.